The van der Waals surface area contributed by atoms with Crippen molar-refractivity contribution in [1.29, 1.82) is 0 Å². The number of carbonyl (C=O) groups is 1. The third-order valence-corrected chi connectivity index (χ3v) is 3.03. The molecule has 4 heteroatoms. The molecular weight excluding hydrogens is 192 g/mol. The van der Waals surface area contributed by atoms with E-state index < -0.39 is 0 Å². The van der Waals surface area contributed by atoms with Gasteiger partial charge < -0.3 is 10.0 Å². The fraction of sp³-hybridized carbons (Fsp3) is 0.909. The maximum absolute atomic E-state index is 11.6. The molecule has 15 heavy (non-hydrogen) atoms. The Labute approximate surface area is 91.9 Å². The molecule has 88 valence electrons. The van der Waals surface area contributed by atoms with Crippen LogP contribution in [0.15, 0.2) is 0 Å². The number of aliphatic hydroxyl groups excluding tert-OH is 1. The van der Waals surface area contributed by atoms with Gasteiger partial charge in [-0.15, -0.1) is 0 Å². The van der Waals surface area contributed by atoms with E-state index >= 15 is 0 Å². The lowest BCUT2D eigenvalue weighted by molar-refractivity contribution is -0.131. The minimum Gasteiger partial charge on any atom is -0.396 e. The summed E-state index contributed by atoms with van der Waals surface area (Å²) in [6.45, 7) is 1.54. The molecule has 4 nitrogen and oxygen atoms in total. The lowest BCUT2D eigenvalue weighted by Crippen LogP contribution is -2.46. The van der Waals surface area contributed by atoms with Gasteiger partial charge >= 0.3 is 0 Å². The number of carbonyl (C=O) groups excluding carboxylic acids is 1. The zero-order valence-electron chi connectivity index (χ0n) is 9.78. The Balaban J connectivity index is 2.37. The van der Waals surface area contributed by atoms with Gasteiger partial charge in [0.2, 0.25) is 5.91 Å². The molecule has 1 aliphatic carbocycles. The fourth-order valence-electron chi connectivity index (χ4n) is 1.73. The molecule has 0 aromatic rings. The Morgan fingerprint density at radius 2 is 2.07 bits per heavy atom. The van der Waals surface area contributed by atoms with Gasteiger partial charge in [0.25, 0.3) is 0 Å². The third kappa shape index (κ3) is 3.80. The summed E-state index contributed by atoms with van der Waals surface area (Å²) in [4.78, 5) is 15.4. The van der Waals surface area contributed by atoms with Crippen LogP contribution in [-0.4, -0.2) is 60.6 Å². The first-order chi connectivity index (χ1) is 7.15. The second-order valence-corrected chi connectivity index (χ2v) is 4.42. The summed E-state index contributed by atoms with van der Waals surface area (Å²) in [5.74, 6) is 0.153. The van der Waals surface area contributed by atoms with Crippen molar-refractivity contribution in [3.05, 3.63) is 0 Å². The largest absolute Gasteiger partial charge is 0.396 e. The van der Waals surface area contributed by atoms with Crippen molar-refractivity contribution in [2.24, 2.45) is 0 Å². The Hall–Kier alpha value is -0.610. The van der Waals surface area contributed by atoms with Crippen LogP contribution in [0.3, 0.4) is 0 Å². The number of rotatable bonds is 6. The van der Waals surface area contributed by atoms with E-state index in [0.717, 1.165) is 13.0 Å². The number of amides is 1. The van der Waals surface area contributed by atoms with Gasteiger partial charge in [-0.2, -0.15) is 0 Å². The number of hydrogen-bond acceptors (Lipinski definition) is 3. The summed E-state index contributed by atoms with van der Waals surface area (Å²) < 4.78 is 0. The van der Waals surface area contributed by atoms with Crippen molar-refractivity contribution in [2.45, 2.75) is 31.7 Å². The van der Waals surface area contributed by atoms with Crippen LogP contribution in [0.5, 0.6) is 0 Å². The van der Waals surface area contributed by atoms with Crippen LogP contribution in [0.4, 0.5) is 0 Å². The minimum atomic E-state index is 0.153. The van der Waals surface area contributed by atoms with E-state index in [0.29, 0.717) is 12.6 Å². The topological polar surface area (TPSA) is 43.8 Å². The monoisotopic (exact) mass is 214 g/mol. The van der Waals surface area contributed by atoms with Crippen molar-refractivity contribution in [3.8, 4) is 0 Å². The quantitative estimate of drug-likeness (QED) is 0.692. The van der Waals surface area contributed by atoms with Crippen LogP contribution in [0.1, 0.15) is 25.7 Å². The normalized spacial score (nSPS) is 16.5. The summed E-state index contributed by atoms with van der Waals surface area (Å²) in [5, 5.41) is 8.81. The maximum atomic E-state index is 11.6. The van der Waals surface area contributed by atoms with Gasteiger partial charge in [0.1, 0.15) is 0 Å². The molecule has 0 saturated heterocycles. The van der Waals surface area contributed by atoms with Crippen LogP contribution in [0.25, 0.3) is 0 Å². The fourth-order valence-corrected chi connectivity index (χ4v) is 1.73. The third-order valence-electron chi connectivity index (χ3n) is 3.03. The van der Waals surface area contributed by atoms with Crippen LogP contribution in [-0.2, 0) is 4.79 Å². The first-order valence-corrected chi connectivity index (χ1v) is 5.70. The number of nitrogens with zero attached hydrogens (tertiary/aromatic N) is 2. The highest BCUT2D eigenvalue weighted by Crippen LogP contribution is 2.24. The average molecular weight is 214 g/mol. The molecule has 0 spiro atoms. The van der Waals surface area contributed by atoms with Crippen molar-refractivity contribution in [2.75, 3.05) is 33.8 Å². The molecule has 0 aliphatic heterocycles. The van der Waals surface area contributed by atoms with Gasteiger partial charge in [0, 0.05) is 33.3 Å². The SMILES string of the molecule is CN(C)C(=O)CN(CCCO)C1CCC1. The van der Waals surface area contributed by atoms with E-state index in [1.165, 1.54) is 19.3 Å². The van der Waals surface area contributed by atoms with E-state index in [1.807, 2.05) is 0 Å². The number of aliphatic hydroxyl groups is 1. The first kappa shape index (κ1) is 12.5. The van der Waals surface area contributed by atoms with Crippen LogP contribution in [0.2, 0.25) is 0 Å². The molecule has 0 aromatic heterocycles. The first-order valence-electron chi connectivity index (χ1n) is 5.70. The molecular formula is C11H22N2O2. The molecule has 1 aliphatic rings. The van der Waals surface area contributed by atoms with Crippen molar-refractivity contribution in [1.82, 2.24) is 9.80 Å². The molecule has 1 amide bonds. The van der Waals surface area contributed by atoms with Gasteiger partial charge in [0.15, 0.2) is 0 Å². The van der Waals surface area contributed by atoms with E-state index in [4.69, 9.17) is 5.11 Å². The summed E-state index contributed by atoms with van der Waals surface area (Å²) in [5.41, 5.74) is 0. The molecule has 0 unspecified atom stereocenters. The number of likely N-dealkylation sites (N-methyl/N-ethyl adjacent to an activating group) is 1. The van der Waals surface area contributed by atoms with Crippen LogP contribution < -0.4 is 0 Å². The standard InChI is InChI=1S/C11H22N2O2/c1-12(2)11(15)9-13(7-4-8-14)10-5-3-6-10/h10,14H,3-9H2,1-2H3. The Morgan fingerprint density at radius 1 is 1.40 bits per heavy atom. The maximum Gasteiger partial charge on any atom is 0.236 e. The molecule has 0 bridgehead atoms. The molecule has 1 rings (SSSR count). The summed E-state index contributed by atoms with van der Waals surface area (Å²) >= 11 is 0. The second kappa shape index (κ2) is 6.08. The van der Waals surface area contributed by atoms with Gasteiger partial charge in [-0.1, -0.05) is 6.42 Å². The second-order valence-electron chi connectivity index (χ2n) is 4.42. The van der Waals surface area contributed by atoms with Crippen molar-refractivity contribution in [3.63, 3.8) is 0 Å². The zero-order chi connectivity index (χ0) is 11.3. The van der Waals surface area contributed by atoms with Gasteiger partial charge in [0.05, 0.1) is 6.54 Å². The summed E-state index contributed by atoms with van der Waals surface area (Å²) in [6.07, 6.45) is 4.44. The van der Waals surface area contributed by atoms with Gasteiger partial charge in [-0.05, 0) is 19.3 Å². The van der Waals surface area contributed by atoms with E-state index in [-0.39, 0.29) is 12.5 Å². The van der Waals surface area contributed by atoms with Gasteiger partial charge in [-0.25, -0.2) is 0 Å². The molecule has 1 saturated carbocycles. The number of hydrogen-bond donors (Lipinski definition) is 1. The van der Waals surface area contributed by atoms with Crippen LogP contribution in [0, 0.1) is 0 Å². The Morgan fingerprint density at radius 3 is 2.47 bits per heavy atom. The Bertz CT molecular complexity index is 203. The molecule has 0 radical (unpaired) electrons. The molecule has 1 fully saturated rings. The molecule has 0 aromatic carbocycles. The molecule has 0 heterocycles. The average Bonchev–Trinajstić information content (AvgIpc) is 2.10. The predicted molar refractivity (Wildman–Crippen MR) is 59.6 cm³/mol. The predicted octanol–water partition coefficient (Wildman–Crippen LogP) is 0.311. The van der Waals surface area contributed by atoms with E-state index in [1.54, 1.807) is 19.0 Å². The lowest BCUT2D eigenvalue weighted by atomic mass is 9.91. The van der Waals surface area contributed by atoms with Crippen molar-refractivity contribution >= 4 is 5.91 Å². The highest BCUT2D eigenvalue weighted by molar-refractivity contribution is 5.77. The van der Waals surface area contributed by atoms with E-state index in [9.17, 15) is 4.79 Å². The van der Waals surface area contributed by atoms with Gasteiger partial charge in [-0.3, -0.25) is 9.69 Å². The van der Waals surface area contributed by atoms with E-state index in [2.05, 4.69) is 4.90 Å². The lowest BCUT2D eigenvalue weighted by Gasteiger charge is -2.37. The smallest absolute Gasteiger partial charge is 0.236 e. The van der Waals surface area contributed by atoms with Crippen LogP contribution >= 0.6 is 0 Å². The summed E-state index contributed by atoms with van der Waals surface area (Å²) in [7, 11) is 3.57. The molecule has 1 N–H and O–H groups in total. The highest BCUT2D eigenvalue weighted by Gasteiger charge is 2.26. The Kier molecular flexibility index (Phi) is 5.05. The summed E-state index contributed by atoms with van der Waals surface area (Å²) in [6, 6.07) is 0.570. The highest BCUT2D eigenvalue weighted by atomic mass is 16.3. The zero-order valence-corrected chi connectivity index (χ0v) is 9.78. The minimum absolute atomic E-state index is 0.153. The molecule has 0 atom stereocenters. The van der Waals surface area contributed by atoms with Crippen molar-refractivity contribution < 1.29 is 9.90 Å².